The molecule has 0 saturated carbocycles. The summed E-state index contributed by atoms with van der Waals surface area (Å²) in [5, 5.41) is 5.21. The van der Waals surface area contributed by atoms with Gasteiger partial charge < -0.3 is 4.57 Å². The lowest BCUT2D eigenvalue weighted by atomic mass is 9.54. The molecule has 0 amide bonds. The van der Waals surface area contributed by atoms with Crippen molar-refractivity contribution in [3.8, 4) is 39.1 Å². The average Bonchev–Trinajstić information content (AvgIpc) is 3.59. The van der Waals surface area contributed by atoms with E-state index in [0.717, 1.165) is 0 Å². The van der Waals surface area contributed by atoms with Gasteiger partial charge in [-0.2, -0.15) is 0 Å². The fraction of sp³-hybridized carbons (Fsp3) is 0.184. The zero-order valence-electron chi connectivity index (χ0n) is 29.7. The molecule has 0 unspecified atom stereocenters. The second kappa shape index (κ2) is 9.86. The lowest BCUT2D eigenvalue weighted by molar-refractivity contribution is 0.298. The Hall–Kier alpha value is -5.40. The summed E-state index contributed by atoms with van der Waals surface area (Å²) in [7, 11) is 0. The molecule has 0 aliphatic heterocycles. The minimum Gasteiger partial charge on any atom is -0.309 e. The molecule has 8 aromatic rings. The molecule has 2 aliphatic rings. The maximum absolute atomic E-state index is 2.52. The predicted octanol–water partition coefficient (Wildman–Crippen LogP) is 13.1. The van der Waals surface area contributed by atoms with Gasteiger partial charge in [0.05, 0.1) is 11.0 Å². The number of hydrogen-bond acceptors (Lipinski definition) is 0. The van der Waals surface area contributed by atoms with Gasteiger partial charge in [0, 0.05) is 21.9 Å². The zero-order chi connectivity index (χ0) is 34.2. The lowest BCUT2D eigenvalue weighted by Gasteiger charge is -2.49. The molecular formula is C49H41N. The van der Waals surface area contributed by atoms with Crippen LogP contribution in [-0.4, -0.2) is 4.57 Å². The number of benzene rings is 7. The summed E-state index contributed by atoms with van der Waals surface area (Å²) in [4.78, 5) is 0. The molecule has 7 aromatic carbocycles. The lowest BCUT2D eigenvalue weighted by Crippen LogP contribution is -2.44. The SMILES string of the molecule is CC1(C)c2cc(-c3ccc(-n4c5ccccc5c5ccccc54)cc3)c3ccccc3c2-c2ccc3c(c21)-c1ccccc1C(C)(C)C3(C)C. The van der Waals surface area contributed by atoms with E-state index in [0.29, 0.717) is 0 Å². The summed E-state index contributed by atoms with van der Waals surface area (Å²) in [6.07, 6.45) is 0. The number of hydrogen-bond donors (Lipinski definition) is 0. The maximum atomic E-state index is 2.52. The highest BCUT2D eigenvalue weighted by Crippen LogP contribution is 2.61. The Balaban J connectivity index is 1.18. The van der Waals surface area contributed by atoms with E-state index in [1.807, 2.05) is 0 Å². The van der Waals surface area contributed by atoms with Crippen molar-refractivity contribution in [2.24, 2.45) is 0 Å². The second-order valence-corrected chi connectivity index (χ2v) is 16.1. The minimum atomic E-state index is -0.178. The third-order valence-electron chi connectivity index (χ3n) is 12.9. The van der Waals surface area contributed by atoms with E-state index in [2.05, 4.69) is 186 Å². The van der Waals surface area contributed by atoms with Crippen LogP contribution in [0.5, 0.6) is 0 Å². The molecule has 1 heteroatoms. The maximum Gasteiger partial charge on any atom is 0.0541 e. The molecule has 1 aromatic heterocycles. The van der Waals surface area contributed by atoms with Crippen LogP contribution in [0.4, 0.5) is 0 Å². The summed E-state index contributed by atoms with van der Waals surface area (Å²) in [6.45, 7) is 14.6. The van der Waals surface area contributed by atoms with E-state index >= 15 is 0 Å². The van der Waals surface area contributed by atoms with E-state index in [9.17, 15) is 0 Å². The van der Waals surface area contributed by atoms with Gasteiger partial charge in [0.25, 0.3) is 0 Å². The number of aromatic nitrogens is 1. The molecule has 0 bridgehead atoms. The van der Waals surface area contributed by atoms with Crippen molar-refractivity contribution in [2.75, 3.05) is 0 Å². The smallest absolute Gasteiger partial charge is 0.0541 e. The summed E-state index contributed by atoms with van der Waals surface area (Å²) in [5.41, 5.74) is 17.4. The summed E-state index contributed by atoms with van der Waals surface area (Å²) in [5.74, 6) is 0. The van der Waals surface area contributed by atoms with E-state index in [1.54, 1.807) is 0 Å². The molecule has 242 valence electrons. The first kappa shape index (κ1) is 29.5. The van der Waals surface area contributed by atoms with Crippen molar-refractivity contribution in [2.45, 2.75) is 57.8 Å². The first-order valence-corrected chi connectivity index (χ1v) is 18.0. The third kappa shape index (κ3) is 3.63. The summed E-state index contributed by atoms with van der Waals surface area (Å²) >= 11 is 0. The predicted molar refractivity (Wildman–Crippen MR) is 213 cm³/mol. The van der Waals surface area contributed by atoms with Crippen LogP contribution in [0.25, 0.3) is 71.6 Å². The largest absolute Gasteiger partial charge is 0.309 e. The van der Waals surface area contributed by atoms with Crippen LogP contribution in [-0.2, 0) is 16.2 Å². The fourth-order valence-electron chi connectivity index (χ4n) is 9.70. The number of nitrogens with zero attached hydrogens (tertiary/aromatic N) is 1. The van der Waals surface area contributed by atoms with E-state index < -0.39 is 0 Å². The molecule has 0 saturated heterocycles. The molecule has 0 spiro atoms. The summed E-state index contributed by atoms with van der Waals surface area (Å²) < 4.78 is 2.40. The van der Waals surface area contributed by atoms with Gasteiger partial charge in [0.1, 0.15) is 0 Å². The van der Waals surface area contributed by atoms with Gasteiger partial charge in [0.2, 0.25) is 0 Å². The number of rotatable bonds is 2. The fourth-order valence-corrected chi connectivity index (χ4v) is 9.70. The van der Waals surface area contributed by atoms with Crippen molar-refractivity contribution in [3.05, 3.63) is 162 Å². The topological polar surface area (TPSA) is 4.93 Å². The Morgan fingerprint density at radius 2 is 0.960 bits per heavy atom. The van der Waals surface area contributed by atoms with Gasteiger partial charge in [-0.15, -0.1) is 0 Å². The minimum absolute atomic E-state index is 0.00564. The van der Waals surface area contributed by atoms with Crippen LogP contribution in [0.3, 0.4) is 0 Å². The van der Waals surface area contributed by atoms with Crippen LogP contribution in [0.1, 0.15) is 63.8 Å². The molecule has 2 aliphatic carbocycles. The van der Waals surface area contributed by atoms with E-state index in [1.165, 1.54) is 93.9 Å². The number of para-hydroxylation sites is 2. The van der Waals surface area contributed by atoms with E-state index in [4.69, 9.17) is 0 Å². The quantitative estimate of drug-likeness (QED) is 0.177. The molecule has 0 radical (unpaired) electrons. The Morgan fingerprint density at radius 3 is 1.64 bits per heavy atom. The second-order valence-electron chi connectivity index (χ2n) is 16.1. The van der Waals surface area contributed by atoms with E-state index in [-0.39, 0.29) is 16.2 Å². The average molecular weight is 644 g/mol. The van der Waals surface area contributed by atoms with Gasteiger partial charge in [-0.25, -0.2) is 0 Å². The Bertz CT molecular complexity index is 2660. The van der Waals surface area contributed by atoms with Crippen LogP contribution >= 0.6 is 0 Å². The van der Waals surface area contributed by atoms with Gasteiger partial charge in [-0.3, -0.25) is 0 Å². The van der Waals surface area contributed by atoms with Crippen molar-refractivity contribution in [1.82, 2.24) is 4.57 Å². The van der Waals surface area contributed by atoms with Crippen molar-refractivity contribution in [1.29, 1.82) is 0 Å². The highest BCUT2D eigenvalue weighted by molar-refractivity contribution is 6.11. The highest BCUT2D eigenvalue weighted by atomic mass is 15.0. The first-order valence-electron chi connectivity index (χ1n) is 18.0. The third-order valence-corrected chi connectivity index (χ3v) is 12.9. The Labute approximate surface area is 294 Å². The van der Waals surface area contributed by atoms with Crippen LogP contribution in [0.2, 0.25) is 0 Å². The zero-order valence-corrected chi connectivity index (χ0v) is 29.7. The summed E-state index contributed by atoms with van der Waals surface area (Å²) in [6, 6.07) is 52.4. The number of fused-ring (bicyclic) bond motifs is 12. The first-order chi connectivity index (χ1) is 24.1. The van der Waals surface area contributed by atoms with Crippen molar-refractivity contribution < 1.29 is 0 Å². The molecule has 50 heavy (non-hydrogen) atoms. The molecule has 10 rings (SSSR count). The molecule has 1 nitrogen and oxygen atoms in total. The standard InChI is InChI=1S/C49H41N/c1-47(2)41-29-38(30-23-25-31(26-24-30)50-42-21-13-10-16-33(42)34-17-11-14-22-43(34)50)32-15-7-8-18-35(32)44(41)37-27-28-40-45(46(37)47)36-19-9-12-20-39(36)48(3,4)49(40,5)6/h7-29H,1-6H3. The van der Waals surface area contributed by atoms with Crippen LogP contribution < -0.4 is 0 Å². The monoisotopic (exact) mass is 643 g/mol. The molecular weight excluding hydrogens is 603 g/mol. The van der Waals surface area contributed by atoms with Crippen molar-refractivity contribution >= 4 is 32.6 Å². The Morgan fingerprint density at radius 1 is 0.400 bits per heavy atom. The van der Waals surface area contributed by atoms with Gasteiger partial charge >= 0.3 is 0 Å². The molecule has 0 fully saturated rings. The highest BCUT2D eigenvalue weighted by Gasteiger charge is 2.49. The van der Waals surface area contributed by atoms with Gasteiger partial charge in [-0.1, -0.05) is 151 Å². The molecule has 0 N–H and O–H groups in total. The van der Waals surface area contributed by atoms with Crippen molar-refractivity contribution in [3.63, 3.8) is 0 Å². The molecule has 1 heterocycles. The van der Waals surface area contributed by atoms with Gasteiger partial charge in [0.15, 0.2) is 0 Å². The van der Waals surface area contributed by atoms with Gasteiger partial charge in [-0.05, 0) is 108 Å². The Kier molecular flexibility index (Phi) is 5.82. The van der Waals surface area contributed by atoms with Crippen LogP contribution in [0.15, 0.2) is 140 Å². The normalized spacial score (nSPS) is 16.3. The molecule has 0 atom stereocenters. The van der Waals surface area contributed by atoms with Crippen LogP contribution in [0, 0.1) is 0 Å².